The van der Waals surface area contributed by atoms with Gasteiger partial charge in [-0.1, -0.05) is 50.2 Å². The Morgan fingerprint density at radius 1 is 0.969 bits per heavy atom. The molecule has 7 nitrogen and oxygen atoms in total. The summed E-state index contributed by atoms with van der Waals surface area (Å²) in [7, 11) is 0. The molecular weight excluding hydrogens is 404 g/mol. The van der Waals surface area contributed by atoms with Gasteiger partial charge in [-0.3, -0.25) is 9.78 Å². The van der Waals surface area contributed by atoms with E-state index < -0.39 is 12.1 Å². The summed E-state index contributed by atoms with van der Waals surface area (Å²) in [6, 6.07) is 21.2. The fraction of sp³-hybridized carbons (Fsp3) is 0.240. The van der Waals surface area contributed by atoms with Crippen LogP contribution < -0.4 is 20.7 Å². The third-order valence-corrected chi connectivity index (χ3v) is 4.75. The standard InChI is InChI=1S/C25H28N4O3/c1-18(2)23(29-25(31)28-20-10-4-3-5-11-20)24(30)27-16-19-9-8-13-22(15-19)32-17-21-12-6-7-14-26-21/h3-15,18,23H,16-17H2,1-2H3,(H,27,30)(H2,28,29,31). The smallest absolute Gasteiger partial charge is 0.319 e. The van der Waals surface area contributed by atoms with Crippen LogP contribution in [0.1, 0.15) is 25.1 Å². The van der Waals surface area contributed by atoms with Gasteiger partial charge in [0.15, 0.2) is 0 Å². The lowest BCUT2D eigenvalue weighted by molar-refractivity contribution is -0.124. The van der Waals surface area contributed by atoms with Gasteiger partial charge in [-0.05, 0) is 47.9 Å². The third kappa shape index (κ3) is 7.12. The molecule has 0 aliphatic heterocycles. The average Bonchev–Trinajstić information content (AvgIpc) is 2.81. The van der Waals surface area contributed by atoms with E-state index in [4.69, 9.17) is 4.74 Å². The van der Waals surface area contributed by atoms with Gasteiger partial charge in [-0.15, -0.1) is 0 Å². The normalized spacial score (nSPS) is 11.5. The van der Waals surface area contributed by atoms with E-state index in [0.717, 1.165) is 11.3 Å². The Hall–Kier alpha value is -3.87. The van der Waals surface area contributed by atoms with Gasteiger partial charge in [-0.25, -0.2) is 4.79 Å². The van der Waals surface area contributed by atoms with Crippen molar-refractivity contribution in [3.05, 3.63) is 90.3 Å². The van der Waals surface area contributed by atoms with E-state index in [0.29, 0.717) is 24.6 Å². The maximum atomic E-state index is 12.7. The number of rotatable bonds is 9. The number of amides is 3. The van der Waals surface area contributed by atoms with Crippen LogP contribution in [0.5, 0.6) is 5.75 Å². The molecule has 32 heavy (non-hydrogen) atoms. The molecule has 2 aromatic carbocycles. The van der Waals surface area contributed by atoms with Crippen LogP contribution in [-0.2, 0) is 17.9 Å². The zero-order valence-electron chi connectivity index (χ0n) is 18.2. The van der Waals surface area contributed by atoms with Crippen LogP contribution in [0.2, 0.25) is 0 Å². The van der Waals surface area contributed by atoms with Gasteiger partial charge < -0.3 is 20.7 Å². The zero-order valence-corrected chi connectivity index (χ0v) is 18.2. The Kier molecular flexibility index (Phi) is 8.20. The molecule has 3 N–H and O–H groups in total. The fourth-order valence-corrected chi connectivity index (χ4v) is 3.05. The van der Waals surface area contributed by atoms with Crippen molar-refractivity contribution >= 4 is 17.6 Å². The number of anilines is 1. The van der Waals surface area contributed by atoms with Gasteiger partial charge in [0.1, 0.15) is 18.4 Å². The van der Waals surface area contributed by atoms with Crippen molar-refractivity contribution in [1.82, 2.24) is 15.6 Å². The summed E-state index contributed by atoms with van der Waals surface area (Å²) >= 11 is 0. The summed E-state index contributed by atoms with van der Waals surface area (Å²) in [5, 5.41) is 8.40. The van der Waals surface area contributed by atoms with Crippen LogP contribution in [0.3, 0.4) is 0 Å². The molecule has 3 amide bonds. The quantitative estimate of drug-likeness (QED) is 0.474. The van der Waals surface area contributed by atoms with Gasteiger partial charge in [0.25, 0.3) is 0 Å². The molecule has 0 saturated heterocycles. The first-order valence-corrected chi connectivity index (χ1v) is 10.5. The fourth-order valence-electron chi connectivity index (χ4n) is 3.05. The maximum absolute atomic E-state index is 12.7. The van der Waals surface area contributed by atoms with Gasteiger partial charge in [-0.2, -0.15) is 0 Å². The molecule has 0 spiro atoms. The summed E-state index contributed by atoms with van der Waals surface area (Å²) in [6.45, 7) is 4.47. The van der Waals surface area contributed by atoms with Crippen LogP contribution in [-0.4, -0.2) is 23.0 Å². The van der Waals surface area contributed by atoms with Crippen LogP contribution >= 0.6 is 0 Å². The second-order valence-electron chi connectivity index (χ2n) is 7.66. The first kappa shape index (κ1) is 22.8. The Morgan fingerprint density at radius 3 is 2.47 bits per heavy atom. The van der Waals surface area contributed by atoms with Crippen molar-refractivity contribution in [3.63, 3.8) is 0 Å². The minimum atomic E-state index is -0.665. The number of nitrogens with one attached hydrogen (secondary N) is 3. The highest BCUT2D eigenvalue weighted by molar-refractivity contribution is 5.93. The topological polar surface area (TPSA) is 92.4 Å². The molecule has 166 valence electrons. The minimum Gasteiger partial charge on any atom is -0.487 e. The van der Waals surface area contributed by atoms with Gasteiger partial charge in [0.2, 0.25) is 5.91 Å². The van der Waals surface area contributed by atoms with E-state index >= 15 is 0 Å². The van der Waals surface area contributed by atoms with Gasteiger partial charge in [0.05, 0.1) is 5.69 Å². The van der Waals surface area contributed by atoms with E-state index in [-0.39, 0.29) is 11.8 Å². The van der Waals surface area contributed by atoms with Crippen molar-refractivity contribution in [2.24, 2.45) is 5.92 Å². The molecule has 1 atom stereocenters. The first-order chi connectivity index (χ1) is 15.5. The monoisotopic (exact) mass is 432 g/mol. The summed E-state index contributed by atoms with van der Waals surface area (Å²) in [5.74, 6) is 0.371. The predicted molar refractivity (Wildman–Crippen MR) is 124 cm³/mol. The number of pyridine rings is 1. The molecule has 1 aromatic heterocycles. The lowest BCUT2D eigenvalue weighted by Gasteiger charge is -2.22. The third-order valence-electron chi connectivity index (χ3n) is 4.75. The van der Waals surface area contributed by atoms with Crippen molar-refractivity contribution in [2.45, 2.75) is 33.0 Å². The molecule has 1 heterocycles. The Labute approximate surface area is 188 Å². The Morgan fingerprint density at radius 2 is 1.75 bits per heavy atom. The number of urea groups is 1. The Balaban J connectivity index is 1.52. The second-order valence-corrected chi connectivity index (χ2v) is 7.66. The van der Waals surface area contributed by atoms with Crippen molar-refractivity contribution in [2.75, 3.05) is 5.32 Å². The number of para-hydroxylation sites is 1. The van der Waals surface area contributed by atoms with E-state index in [9.17, 15) is 9.59 Å². The molecule has 0 saturated carbocycles. The number of carbonyl (C=O) groups excluding carboxylic acids is 2. The summed E-state index contributed by atoms with van der Waals surface area (Å²) in [6.07, 6.45) is 1.73. The number of nitrogens with zero attached hydrogens (tertiary/aromatic N) is 1. The average molecular weight is 433 g/mol. The molecular formula is C25H28N4O3. The van der Waals surface area contributed by atoms with Gasteiger partial charge in [0, 0.05) is 18.4 Å². The molecule has 0 aliphatic rings. The lowest BCUT2D eigenvalue weighted by Crippen LogP contribution is -2.50. The van der Waals surface area contributed by atoms with Crippen LogP contribution in [0.25, 0.3) is 0 Å². The van der Waals surface area contributed by atoms with Crippen molar-refractivity contribution < 1.29 is 14.3 Å². The second kappa shape index (κ2) is 11.5. The number of benzene rings is 2. The summed E-state index contributed by atoms with van der Waals surface area (Å²) in [5.41, 5.74) is 2.40. The summed E-state index contributed by atoms with van der Waals surface area (Å²) < 4.78 is 5.79. The molecule has 3 aromatic rings. The molecule has 0 fully saturated rings. The minimum absolute atomic E-state index is 0.0791. The predicted octanol–water partition coefficient (Wildman–Crippen LogP) is 4.12. The number of ether oxygens (including phenoxy) is 1. The van der Waals surface area contributed by atoms with Crippen LogP contribution in [0, 0.1) is 5.92 Å². The Bertz CT molecular complexity index is 1010. The van der Waals surface area contributed by atoms with Crippen LogP contribution in [0.15, 0.2) is 79.0 Å². The molecule has 0 aliphatic carbocycles. The zero-order chi connectivity index (χ0) is 22.8. The maximum Gasteiger partial charge on any atom is 0.319 e. The highest BCUT2D eigenvalue weighted by atomic mass is 16.5. The number of aromatic nitrogens is 1. The van der Waals surface area contributed by atoms with E-state index in [1.54, 1.807) is 18.3 Å². The first-order valence-electron chi connectivity index (χ1n) is 10.5. The van der Waals surface area contributed by atoms with Gasteiger partial charge >= 0.3 is 6.03 Å². The van der Waals surface area contributed by atoms with E-state index in [2.05, 4.69) is 20.9 Å². The lowest BCUT2D eigenvalue weighted by atomic mass is 10.0. The summed E-state index contributed by atoms with van der Waals surface area (Å²) in [4.78, 5) is 29.3. The van der Waals surface area contributed by atoms with E-state index in [1.807, 2.05) is 74.5 Å². The van der Waals surface area contributed by atoms with Crippen molar-refractivity contribution in [3.8, 4) is 5.75 Å². The van der Waals surface area contributed by atoms with Crippen molar-refractivity contribution in [1.29, 1.82) is 0 Å². The molecule has 0 bridgehead atoms. The number of hydrogen-bond acceptors (Lipinski definition) is 4. The molecule has 0 radical (unpaired) electrons. The molecule has 1 unspecified atom stereocenters. The highest BCUT2D eigenvalue weighted by Crippen LogP contribution is 2.15. The SMILES string of the molecule is CC(C)C(NC(=O)Nc1ccccc1)C(=O)NCc1cccc(OCc2ccccn2)c1. The highest BCUT2D eigenvalue weighted by Gasteiger charge is 2.24. The molecule has 3 rings (SSSR count). The number of hydrogen-bond donors (Lipinski definition) is 3. The largest absolute Gasteiger partial charge is 0.487 e. The van der Waals surface area contributed by atoms with E-state index in [1.165, 1.54) is 0 Å². The molecule has 7 heteroatoms. The number of carbonyl (C=O) groups is 2. The van der Waals surface area contributed by atoms with Crippen LogP contribution in [0.4, 0.5) is 10.5 Å².